The number of likely N-dealkylation sites (tertiary alicyclic amines) is 1. The van der Waals surface area contributed by atoms with Crippen molar-refractivity contribution in [3.63, 3.8) is 0 Å². The molecule has 1 unspecified atom stereocenters. The predicted molar refractivity (Wildman–Crippen MR) is 76.4 cm³/mol. The van der Waals surface area contributed by atoms with Crippen molar-refractivity contribution >= 4 is 21.8 Å². The summed E-state index contributed by atoms with van der Waals surface area (Å²) in [5.74, 6) is -0.249. The van der Waals surface area contributed by atoms with Gasteiger partial charge in [0.1, 0.15) is 5.82 Å². The van der Waals surface area contributed by atoms with Crippen LogP contribution in [0.1, 0.15) is 30.1 Å². The molecule has 1 amide bonds. The van der Waals surface area contributed by atoms with Gasteiger partial charge < -0.3 is 10.6 Å². The van der Waals surface area contributed by atoms with Crippen molar-refractivity contribution in [3.8, 4) is 0 Å². The van der Waals surface area contributed by atoms with Gasteiger partial charge in [-0.2, -0.15) is 0 Å². The number of rotatable bonds is 2. The Bertz CT molecular complexity index is 471. The maximum atomic E-state index is 13.8. The molecule has 104 valence electrons. The number of hydrogen-bond donors (Lipinski definition) is 1. The molecule has 1 aliphatic rings. The highest BCUT2D eigenvalue weighted by molar-refractivity contribution is 9.10. The second-order valence-corrected chi connectivity index (χ2v) is 6.03. The lowest BCUT2D eigenvalue weighted by Gasteiger charge is -2.33. The summed E-state index contributed by atoms with van der Waals surface area (Å²) in [5.41, 5.74) is 6.01. The lowest BCUT2D eigenvalue weighted by atomic mass is 9.90. The van der Waals surface area contributed by atoms with E-state index in [9.17, 15) is 9.18 Å². The Morgan fingerprint density at radius 2 is 2.11 bits per heavy atom. The number of amides is 1. The SMILES string of the molecule is CC(N)C1CCN(C(=O)c2ccc(Br)cc2F)CC1. The lowest BCUT2D eigenvalue weighted by molar-refractivity contribution is 0.0676. The minimum atomic E-state index is -0.478. The summed E-state index contributed by atoms with van der Waals surface area (Å²) in [6, 6.07) is 4.69. The van der Waals surface area contributed by atoms with Gasteiger partial charge in [0.2, 0.25) is 0 Å². The zero-order valence-electron chi connectivity index (χ0n) is 10.9. The van der Waals surface area contributed by atoms with Crippen LogP contribution >= 0.6 is 15.9 Å². The number of carbonyl (C=O) groups excluding carboxylic acids is 1. The minimum Gasteiger partial charge on any atom is -0.339 e. The van der Waals surface area contributed by atoms with Crippen LogP contribution in [0, 0.1) is 11.7 Å². The van der Waals surface area contributed by atoms with Crippen molar-refractivity contribution in [2.24, 2.45) is 11.7 Å². The number of halogens is 2. The molecular formula is C14H18BrFN2O. The fourth-order valence-corrected chi connectivity index (χ4v) is 2.79. The van der Waals surface area contributed by atoms with E-state index in [0.717, 1.165) is 12.8 Å². The molecule has 1 saturated heterocycles. The fourth-order valence-electron chi connectivity index (χ4n) is 2.46. The first kappa shape index (κ1) is 14.5. The fraction of sp³-hybridized carbons (Fsp3) is 0.500. The van der Waals surface area contributed by atoms with E-state index in [2.05, 4.69) is 15.9 Å². The normalized spacial score (nSPS) is 18.4. The molecule has 1 fully saturated rings. The third-order valence-electron chi connectivity index (χ3n) is 3.73. The zero-order valence-corrected chi connectivity index (χ0v) is 12.5. The van der Waals surface area contributed by atoms with Gasteiger partial charge in [0.05, 0.1) is 5.56 Å². The molecular weight excluding hydrogens is 311 g/mol. The number of carbonyl (C=O) groups is 1. The van der Waals surface area contributed by atoms with Gasteiger partial charge in [0, 0.05) is 23.6 Å². The van der Waals surface area contributed by atoms with Gasteiger partial charge in [-0.15, -0.1) is 0 Å². The molecule has 2 rings (SSSR count). The maximum Gasteiger partial charge on any atom is 0.256 e. The molecule has 2 N–H and O–H groups in total. The number of hydrogen-bond acceptors (Lipinski definition) is 2. The van der Waals surface area contributed by atoms with Crippen LogP contribution in [-0.2, 0) is 0 Å². The van der Waals surface area contributed by atoms with E-state index in [0.29, 0.717) is 23.5 Å². The number of nitrogens with two attached hydrogens (primary N) is 1. The Morgan fingerprint density at radius 1 is 1.47 bits per heavy atom. The third kappa shape index (κ3) is 3.34. The van der Waals surface area contributed by atoms with Crippen LogP contribution in [0.2, 0.25) is 0 Å². The van der Waals surface area contributed by atoms with Crippen LogP contribution in [0.25, 0.3) is 0 Å². The molecule has 1 atom stereocenters. The summed E-state index contributed by atoms with van der Waals surface area (Å²) < 4.78 is 14.4. The Morgan fingerprint density at radius 3 is 2.63 bits per heavy atom. The predicted octanol–water partition coefficient (Wildman–Crippen LogP) is 2.79. The van der Waals surface area contributed by atoms with Crippen LogP contribution in [0.4, 0.5) is 4.39 Å². The first-order chi connectivity index (χ1) is 8.99. The van der Waals surface area contributed by atoms with E-state index < -0.39 is 5.82 Å². The minimum absolute atomic E-state index is 0.141. The highest BCUT2D eigenvalue weighted by Crippen LogP contribution is 2.22. The summed E-state index contributed by atoms with van der Waals surface area (Å²) in [6.45, 7) is 3.30. The molecule has 1 heterocycles. The molecule has 0 radical (unpaired) electrons. The topological polar surface area (TPSA) is 46.3 Å². The van der Waals surface area contributed by atoms with Crippen LogP contribution < -0.4 is 5.73 Å². The summed E-state index contributed by atoms with van der Waals surface area (Å²) in [5, 5.41) is 0. The molecule has 0 bridgehead atoms. The largest absolute Gasteiger partial charge is 0.339 e. The van der Waals surface area contributed by atoms with Gasteiger partial charge >= 0.3 is 0 Å². The van der Waals surface area contributed by atoms with Gasteiger partial charge in [0.25, 0.3) is 5.91 Å². The summed E-state index contributed by atoms with van der Waals surface area (Å²) in [6.07, 6.45) is 1.78. The molecule has 1 aliphatic heterocycles. The quantitative estimate of drug-likeness (QED) is 0.907. The second kappa shape index (κ2) is 6.01. The summed E-state index contributed by atoms with van der Waals surface area (Å²) in [4.78, 5) is 14.0. The monoisotopic (exact) mass is 328 g/mol. The van der Waals surface area contributed by atoms with Crippen LogP contribution in [0.3, 0.4) is 0 Å². The van der Waals surface area contributed by atoms with E-state index in [4.69, 9.17) is 5.73 Å². The molecule has 1 aromatic carbocycles. The summed E-state index contributed by atoms with van der Waals surface area (Å²) >= 11 is 3.19. The van der Waals surface area contributed by atoms with Crippen LogP contribution in [-0.4, -0.2) is 29.9 Å². The third-order valence-corrected chi connectivity index (χ3v) is 4.23. The van der Waals surface area contributed by atoms with Crippen molar-refractivity contribution in [1.29, 1.82) is 0 Å². The maximum absolute atomic E-state index is 13.8. The molecule has 0 saturated carbocycles. The van der Waals surface area contributed by atoms with E-state index in [1.807, 2.05) is 6.92 Å². The van der Waals surface area contributed by atoms with Gasteiger partial charge in [-0.05, 0) is 43.9 Å². The van der Waals surface area contributed by atoms with Crippen molar-refractivity contribution in [1.82, 2.24) is 4.90 Å². The molecule has 19 heavy (non-hydrogen) atoms. The Hall–Kier alpha value is -0.940. The molecule has 3 nitrogen and oxygen atoms in total. The van der Waals surface area contributed by atoms with Crippen molar-refractivity contribution in [2.45, 2.75) is 25.8 Å². The number of nitrogens with zero attached hydrogens (tertiary/aromatic N) is 1. The molecule has 0 aliphatic carbocycles. The van der Waals surface area contributed by atoms with E-state index in [1.54, 1.807) is 11.0 Å². The average molecular weight is 329 g/mol. The Labute approximate surface area is 121 Å². The highest BCUT2D eigenvalue weighted by Gasteiger charge is 2.26. The second-order valence-electron chi connectivity index (χ2n) is 5.11. The molecule has 0 spiro atoms. The zero-order chi connectivity index (χ0) is 14.0. The smallest absolute Gasteiger partial charge is 0.256 e. The van der Waals surface area contributed by atoms with Crippen molar-refractivity contribution in [2.75, 3.05) is 13.1 Å². The number of piperidine rings is 1. The van der Waals surface area contributed by atoms with E-state index in [-0.39, 0.29) is 17.5 Å². The standard InChI is InChI=1S/C14H18BrFN2O/c1-9(17)10-4-6-18(7-5-10)14(19)12-3-2-11(15)8-13(12)16/h2-3,8-10H,4-7,17H2,1H3. The van der Waals surface area contributed by atoms with E-state index in [1.165, 1.54) is 12.1 Å². The first-order valence-corrected chi connectivity index (χ1v) is 7.28. The van der Waals surface area contributed by atoms with Gasteiger partial charge in [-0.3, -0.25) is 4.79 Å². The Balaban J connectivity index is 2.05. The lowest BCUT2D eigenvalue weighted by Crippen LogP contribution is -2.42. The number of benzene rings is 1. The van der Waals surface area contributed by atoms with Gasteiger partial charge in [-0.25, -0.2) is 4.39 Å². The van der Waals surface area contributed by atoms with E-state index >= 15 is 0 Å². The molecule has 5 heteroatoms. The Kier molecular flexibility index (Phi) is 4.58. The van der Waals surface area contributed by atoms with Crippen molar-refractivity contribution in [3.05, 3.63) is 34.1 Å². The summed E-state index contributed by atoms with van der Waals surface area (Å²) in [7, 11) is 0. The first-order valence-electron chi connectivity index (χ1n) is 6.49. The molecule has 0 aromatic heterocycles. The van der Waals surface area contributed by atoms with Crippen LogP contribution in [0.15, 0.2) is 22.7 Å². The highest BCUT2D eigenvalue weighted by atomic mass is 79.9. The van der Waals surface area contributed by atoms with Crippen LogP contribution in [0.5, 0.6) is 0 Å². The van der Waals surface area contributed by atoms with Gasteiger partial charge in [0.15, 0.2) is 0 Å². The average Bonchev–Trinajstić information content (AvgIpc) is 2.38. The molecule has 1 aromatic rings. The van der Waals surface area contributed by atoms with Gasteiger partial charge in [-0.1, -0.05) is 15.9 Å². The van der Waals surface area contributed by atoms with Crippen molar-refractivity contribution < 1.29 is 9.18 Å².